The third-order valence-electron chi connectivity index (χ3n) is 0.819. The molecule has 0 aliphatic rings. The average molecular weight is 205 g/mol. The van der Waals surface area contributed by atoms with Crippen LogP contribution in [-0.2, 0) is 4.79 Å². The molecule has 0 bridgehead atoms. The number of furan rings is 1. The average Bonchev–Trinajstić information content (AvgIpc) is 2.40. The van der Waals surface area contributed by atoms with Gasteiger partial charge in [0.05, 0.1) is 6.26 Å². The molecule has 1 aromatic heterocycles. The van der Waals surface area contributed by atoms with Crippen molar-refractivity contribution in [3.05, 3.63) is 18.4 Å². The molecule has 0 amide bonds. The molecule has 0 aliphatic heterocycles. The SMILES string of the molecule is O=C(CBr)Oc1ccco1. The number of hydrogen-bond donors (Lipinski definition) is 0. The van der Waals surface area contributed by atoms with Crippen LogP contribution in [-0.4, -0.2) is 11.3 Å². The minimum Gasteiger partial charge on any atom is -0.434 e. The quantitative estimate of drug-likeness (QED) is 0.543. The number of ether oxygens (including phenoxy) is 1. The van der Waals surface area contributed by atoms with Gasteiger partial charge in [0.2, 0.25) is 0 Å². The topological polar surface area (TPSA) is 39.4 Å². The standard InChI is InChI=1S/C6H5BrO3/c7-4-5(8)10-6-2-1-3-9-6/h1-3H,4H2. The Morgan fingerprint density at radius 3 is 3.10 bits per heavy atom. The van der Waals surface area contributed by atoms with Gasteiger partial charge in [0.15, 0.2) is 0 Å². The van der Waals surface area contributed by atoms with E-state index in [1.165, 1.54) is 6.26 Å². The molecule has 0 unspecified atom stereocenters. The highest BCUT2D eigenvalue weighted by Crippen LogP contribution is 2.09. The minimum atomic E-state index is -0.366. The summed E-state index contributed by atoms with van der Waals surface area (Å²) in [6, 6.07) is 3.22. The highest BCUT2D eigenvalue weighted by Gasteiger charge is 2.02. The Morgan fingerprint density at radius 2 is 2.60 bits per heavy atom. The van der Waals surface area contributed by atoms with Crippen molar-refractivity contribution >= 4 is 21.9 Å². The molecule has 1 aromatic rings. The first kappa shape index (κ1) is 7.34. The Hall–Kier alpha value is -0.770. The van der Waals surface area contributed by atoms with Gasteiger partial charge < -0.3 is 9.15 Å². The molecule has 0 saturated heterocycles. The van der Waals surface area contributed by atoms with Crippen molar-refractivity contribution in [1.82, 2.24) is 0 Å². The first-order valence-corrected chi connectivity index (χ1v) is 3.75. The van der Waals surface area contributed by atoms with Crippen LogP contribution < -0.4 is 4.74 Å². The largest absolute Gasteiger partial charge is 0.434 e. The molecule has 10 heavy (non-hydrogen) atoms. The van der Waals surface area contributed by atoms with Crippen molar-refractivity contribution in [2.45, 2.75) is 0 Å². The maximum atomic E-state index is 10.6. The van der Waals surface area contributed by atoms with Crippen molar-refractivity contribution in [1.29, 1.82) is 0 Å². The monoisotopic (exact) mass is 204 g/mol. The lowest BCUT2D eigenvalue weighted by Gasteiger charge is -1.93. The second kappa shape index (κ2) is 3.41. The van der Waals surface area contributed by atoms with Gasteiger partial charge in [-0.25, -0.2) is 0 Å². The van der Waals surface area contributed by atoms with Crippen LogP contribution in [0.1, 0.15) is 0 Å². The lowest BCUT2D eigenvalue weighted by molar-refractivity contribution is -0.132. The van der Waals surface area contributed by atoms with E-state index in [9.17, 15) is 4.79 Å². The van der Waals surface area contributed by atoms with E-state index in [1.807, 2.05) is 0 Å². The summed E-state index contributed by atoms with van der Waals surface area (Å²) in [5, 5.41) is 0.174. The molecule has 0 spiro atoms. The molecule has 4 heteroatoms. The van der Waals surface area contributed by atoms with Crippen LogP contribution in [0.15, 0.2) is 22.8 Å². The lowest BCUT2D eigenvalue weighted by atomic mass is 10.6. The maximum Gasteiger partial charge on any atom is 0.324 e. The molecule has 1 heterocycles. The van der Waals surface area contributed by atoms with Gasteiger partial charge >= 0.3 is 5.97 Å². The molecule has 0 fully saturated rings. The predicted molar refractivity (Wildman–Crippen MR) is 38.1 cm³/mol. The van der Waals surface area contributed by atoms with Gasteiger partial charge in [-0.15, -0.1) is 0 Å². The third kappa shape index (κ3) is 1.88. The Labute approximate surface area is 66.1 Å². The fraction of sp³-hybridized carbons (Fsp3) is 0.167. The van der Waals surface area contributed by atoms with Crippen molar-refractivity contribution in [3.8, 4) is 5.95 Å². The zero-order valence-electron chi connectivity index (χ0n) is 5.04. The summed E-state index contributed by atoms with van der Waals surface area (Å²) in [6.07, 6.45) is 1.44. The Kier molecular flexibility index (Phi) is 2.50. The lowest BCUT2D eigenvalue weighted by Crippen LogP contribution is -2.07. The zero-order chi connectivity index (χ0) is 7.40. The molecule has 0 aromatic carbocycles. The first-order valence-electron chi connectivity index (χ1n) is 2.63. The number of rotatable bonds is 2. The fourth-order valence-electron chi connectivity index (χ4n) is 0.461. The molecule has 54 valence electrons. The van der Waals surface area contributed by atoms with Crippen LogP contribution in [0.5, 0.6) is 5.95 Å². The first-order chi connectivity index (χ1) is 4.83. The second-order valence-corrected chi connectivity index (χ2v) is 2.10. The van der Waals surface area contributed by atoms with Gasteiger partial charge in [-0.05, 0) is 6.07 Å². The summed E-state index contributed by atoms with van der Waals surface area (Å²) in [5.41, 5.74) is 0. The Morgan fingerprint density at radius 1 is 1.80 bits per heavy atom. The number of carbonyl (C=O) groups is 1. The van der Waals surface area contributed by atoms with E-state index in [1.54, 1.807) is 12.1 Å². The summed E-state index contributed by atoms with van der Waals surface area (Å²) in [4.78, 5) is 10.6. The van der Waals surface area contributed by atoms with Crippen molar-refractivity contribution in [3.63, 3.8) is 0 Å². The van der Waals surface area contributed by atoms with Crippen molar-refractivity contribution in [2.24, 2.45) is 0 Å². The number of alkyl halides is 1. The van der Waals surface area contributed by atoms with Crippen molar-refractivity contribution in [2.75, 3.05) is 5.33 Å². The van der Waals surface area contributed by atoms with Crippen LogP contribution in [0.3, 0.4) is 0 Å². The van der Waals surface area contributed by atoms with Crippen LogP contribution in [0.25, 0.3) is 0 Å². The third-order valence-corrected chi connectivity index (χ3v) is 1.28. The Balaban J connectivity index is 2.48. The molecular formula is C6H5BrO3. The number of esters is 1. The summed E-state index contributed by atoms with van der Waals surface area (Å²) in [6.45, 7) is 0. The molecule has 1 rings (SSSR count). The van der Waals surface area contributed by atoms with E-state index in [0.717, 1.165) is 0 Å². The van der Waals surface area contributed by atoms with E-state index in [0.29, 0.717) is 0 Å². The highest BCUT2D eigenvalue weighted by molar-refractivity contribution is 9.09. The number of hydrogen-bond acceptors (Lipinski definition) is 3. The molecule has 0 atom stereocenters. The van der Waals surface area contributed by atoms with Crippen LogP contribution in [0.2, 0.25) is 0 Å². The molecule has 0 radical (unpaired) electrons. The molecule has 0 aliphatic carbocycles. The van der Waals surface area contributed by atoms with Gasteiger partial charge in [-0.1, -0.05) is 15.9 Å². The van der Waals surface area contributed by atoms with Crippen LogP contribution in [0.4, 0.5) is 0 Å². The zero-order valence-corrected chi connectivity index (χ0v) is 6.63. The van der Waals surface area contributed by atoms with Gasteiger partial charge in [0, 0.05) is 6.07 Å². The van der Waals surface area contributed by atoms with E-state index in [-0.39, 0.29) is 17.2 Å². The van der Waals surface area contributed by atoms with E-state index in [4.69, 9.17) is 4.42 Å². The minimum absolute atomic E-state index is 0.174. The molecular weight excluding hydrogens is 200 g/mol. The number of carbonyl (C=O) groups excluding carboxylic acids is 1. The van der Waals surface area contributed by atoms with E-state index < -0.39 is 0 Å². The second-order valence-electron chi connectivity index (χ2n) is 1.54. The van der Waals surface area contributed by atoms with Crippen molar-refractivity contribution < 1.29 is 13.9 Å². The number of halogens is 1. The summed E-state index contributed by atoms with van der Waals surface area (Å²) in [5.74, 6) is -0.139. The van der Waals surface area contributed by atoms with E-state index >= 15 is 0 Å². The maximum absolute atomic E-state index is 10.6. The summed E-state index contributed by atoms with van der Waals surface area (Å²) in [7, 11) is 0. The predicted octanol–water partition coefficient (Wildman–Crippen LogP) is 1.58. The molecule has 0 N–H and O–H groups in total. The highest BCUT2D eigenvalue weighted by atomic mass is 79.9. The van der Waals surface area contributed by atoms with Crippen LogP contribution >= 0.6 is 15.9 Å². The molecule has 3 nitrogen and oxygen atoms in total. The summed E-state index contributed by atoms with van der Waals surface area (Å²) < 4.78 is 9.39. The van der Waals surface area contributed by atoms with Gasteiger partial charge in [0.1, 0.15) is 5.33 Å². The summed E-state index contributed by atoms with van der Waals surface area (Å²) >= 11 is 2.94. The van der Waals surface area contributed by atoms with E-state index in [2.05, 4.69) is 20.7 Å². The smallest absolute Gasteiger partial charge is 0.324 e. The Bertz CT molecular complexity index is 205. The fourth-order valence-corrected chi connectivity index (χ4v) is 0.575. The van der Waals surface area contributed by atoms with Gasteiger partial charge in [0.25, 0.3) is 5.95 Å². The van der Waals surface area contributed by atoms with Crippen LogP contribution in [0, 0.1) is 0 Å². The normalized spacial score (nSPS) is 9.30. The van der Waals surface area contributed by atoms with Gasteiger partial charge in [-0.3, -0.25) is 4.79 Å². The molecule has 0 saturated carbocycles. The van der Waals surface area contributed by atoms with Gasteiger partial charge in [-0.2, -0.15) is 0 Å².